The van der Waals surface area contributed by atoms with Crippen molar-refractivity contribution >= 4 is 11.6 Å². The van der Waals surface area contributed by atoms with E-state index >= 15 is 0 Å². The van der Waals surface area contributed by atoms with E-state index < -0.39 is 0 Å². The van der Waals surface area contributed by atoms with Crippen LogP contribution < -0.4 is 20.5 Å². The van der Waals surface area contributed by atoms with E-state index in [1.165, 1.54) is 0 Å². The summed E-state index contributed by atoms with van der Waals surface area (Å²) in [6.45, 7) is 5.68. The minimum atomic E-state index is -0.313. The summed E-state index contributed by atoms with van der Waals surface area (Å²) in [7, 11) is 0. The lowest BCUT2D eigenvalue weighted by Gasteiger charge is -2.15. The van der Waals surface area contributed by atoms with Crippen molar-refractivity contribution in [3.05, 3.63) is 18.2 Å². The number of amides is 1. The highest BCUT2D eigenvalue weighted by atomic mass is 16.5. The van der Waals surface area contributed by atoms with Crippen molar-refractivity contribution in [2.45, 2.75) is 19.9 Å². The van der Waals surface area contributed by atoms with E-state index in [2.05, 4.69) is 5.32 Å². The molecule has 2 unspecified atom stereocenters. The maximum atomic E-state index is 12.2. The number of anilines is 1. The lowest BCUT2D eigenvalue weighted by atomic mass is 10.0. The van der Waals surface area contributed by atoms with Crippen molar-refractivity contribution in [2.24, 2.45) is 11.7 Å². The Hall–Kier alpha value is -1.79. The van der Waals surface area contributed by atoms with Crippen molar-refractivity contribution in [1.82, 2.24) is 0 Å². The Morgan fingerprint density at radius 1 is 1.29 bits per heavy atom. The average molecular weight is 294 g/mol. The van der Waals surface area contributed by atoms with Crippen LogP contribution in [0.1, 0.15) is 13.8 Å². The SMILES string of the molecule is CCOc1ccc(NC(=O)C2COCC2N)cc1OCC. The number of carbonyl (C=O) groups excluding carboxylic acids is 1. The van der Waals surface area contributed by atoms with Crippen LogP contribution in [0.4, 0.5) is 5.69 Å². The van der Waals surface area contributed by atoms with E-state index in [4.69, 9.17) is 19.9 Å². The highest BCUT2D eigenvalue weighted by molar-refractivity contribution is 5.93. The zero-order chi connectivity index (χ0) is 15.2. The fourth-order valence-corrected chi connectivity index (χ4v) is 2.20. The van der Waals surface area contributed by atoms with Gasteiger partial charge in [0.05, 0.1) is 32.3 Å². The summed E-state index contributed by atoms with van der Waals surface area (Å²) < 4.78 is 16.2. The Labute approximate surface area is 124 Å². The van der Waals surface area contributed by atoms with Gasteiger partial charge in [-0.05, 0) is 26.0 Å². The van der Waals surface area contributed by atoms with Gasteiger partial charge >= 0.3 is 0 Å². The van der Waals surface area contributed by atoms with Crippen molar-refractivity contribution in [3.8, 4) is 11.5 Å². The van der Waals surface area contributed by atoms with Crippen LogP contribution >= 0.6 is 0 Å². The van der Waals surface area contributed by atoms with Crippen molar-refractivity contribution in [2.75, 3.05) is 31.7 Å². The highest BCUT2D eigenvalue weighted by Crippen LogP contribution is 2.31. The topological polar surface area (TPSA) is 82.8 Å². The molecule has 1 aliphatic rings. The molecule has 1 heterocycles. The molecule has 1 fully saturated rings. The van der Waals surface area contributed by atoms with Crippen molar-refractivity contribution in [1.29, 1.82) is 0 Å². The molecule has 0 aromatic heterocycles. The van der Waals surface area contributed by atoms with Gasteiger partial charge in [-0.1, -0.05) is 0 Å². The molecular formula is C15H22N2O4. The van der Waals surface area contributed by atoms with Gasteiger partial charge in [0.2, 0.25) is 5.91 Å². The summed E-state index contributed by atoms with van der Waals surface area (Å²) >= 11 is 0. The smallest absolute Gasteiger partial charge is 0.231 e. The number of ether oxygens (including phenoxy) is 3. The molecule has 1 saturated heterocycles. The molecule has 116 valence electrons. The molecular weight excluding hydrogens is 272 g/mol. The normalized spacial score (nSPS) is 21.1. The summed E-state index contributed by atoms with van der Waals surface area (Å²) in [6.07, 6.45) is 0. The molecule has 0 saturated carbocycles. The first kappa shape index (κ1) is 15.6. The number of nitrogens with two attached hydrogens (primary N) is 1. The summed E-state index contributed by atoms with van der Waals surface area (Å²) in [5.74, 6) is 0.834. The minimum absolute atomic E-state index is 0.133. The Morgan fingerprint density at radius 3 is 2.62 bits per heavy atom. The molecule has 0 bridgehead atoms. The number of rotatable bonds is 6. The van der Waals surface area contributed by atoms with E-state index in [0.717, 1.165) is 0 Å². The molecule has 2 rings (SSSR count). The molecule has 1 amide bonds. The monoisotopic (exact) mass is 294 g/mol. The molecule has 0 spiro atoms. The first-order valence-corrected chi connectivity index (χ1v) is 7.19. The average Bonchev–Trinajstić information content (AvgIpc) is 2.88. The van der Waals surface area contributed by atoms with Gasteiger partial charge in [-0.25, -0.2) is 0 Å². The molecule has 3 N–H and O–H groups in total. The number of carbonyl (C=O) groups is 1. The molecule has 2 atom stereocenters. The van der Waals surface area contributed by atoms with Crippen LogP contribution in [-0.4, -0.2) is 38.4 Å². The Kier molecular flexibility index (Phi) is 5.41. The molecule has 1 aliphatic heterocycles. The molecule has 0 radical (unpaired) electrons. The van der Waals surface area contributed by atoms with E-state index in [1.807, 2.05) is 13.8 Å². The van der Waals surface area contributed by atoms with Crippen LogP contribution in [0.2, 0.25) is 0 Å². The quantitative estimate of drug-likeness (QED) is 0.828. The predicted molar refractivity (Wildman–Crippen MR) is 79.7 cm³/mol. The Morgan fingerprint density at radius 2 is 2.00 bits per heavy atom. The summed E-state index contributed by atoms with van der Waals surface area (Å²) in [5, 5.41) is 2.85. The van der Waals surface area contributed by atoms with E-state index in [1.54, 1.807) is 18.2 Å². The van der Waals surface area contributed by atoms with Gasteiger partial charge in [-0.3, -0.25) is 4.79 Å². The zero-order valence-corrected chi connectivity index (χ0v) is 12.4. The van der Waals surface area contributed by atoms with Gasteiger partial charge in [-0.2, -0.15) is 0 Å². The second-order valence-corrected chi connectivity index (χ2v) is 4.82. The van der Waals surface area contributed by atoms with E-state index in [0.29, 0.717) is 43.6 Å². The maximum absolute atomic E-state index is 12.2. The fraction of sp³-hybridized carbons (Fsp3) is 0.533. The molecule has 1 aromatic rings. The number of hydrogen-bond donors (Lipinski definition) is 2. The lowest BCUT2D eigenvalue weighted by Crippen LogP contribution is -2.37. The van der Waals surface area contributed by atoms with Crippen LogP contribution in [0.25, 0.3) is 0 Å². The van der Waals surface area contributed by atoms with Crippen LogP contribution in [0, 0.1) is 5.92 Å². The minimum Gasteiger partial charge on any atom is -0.490 e. The van der Waals surface area contributed by atoms with E-state index in [-0.39, 0.29) is 17.9 Å². The zero-order valence-electron chi connectivity index (χ0n) is 12.4. The molecule has 1 aromatic carbocycles. The van der Waals surface area contributed by atoms with E-state index in [9.17, 15) is 4.79 Å². The third-order valence-electron chi connectivity index (χ3n) is 3.27. The van der Waals surface area contributed by atoms with Crippen LogP contribution in [-0.2, 0) is 9.53 Å². The third-order valence-corrected chi connectivity index (χ3v) is 3.27. The van der Waals surface area contributed by atoms with Gasteiger partial charge in [0.25, 0.3) is 0 Å². The van der Waals surface area contributed by atoms with Gasteiger partial charge < -0.3 is 25.3 Å². The second-order valence-electron chi connectivity index (χ2n) is 4.82. The summed E-state index contributed by atoms with van der Waals surface area (Å²) in [4.78, 5) is 12.2. The first-order chi connectivity index (χ1) is 10.2. The fourth-order valence-electron chi connectivity index (χ4n) is 2.20. The third kappa shape index (κ3) is 3.86. The maximum Gasteiger partial charge on any atom is 0.231 e. The Balaban J connectivity index is 2.09. The van der Waals surface area contributed by atoms with Crippen molar-refractivity contribution in [3.63, 3.8) is 0 Å². The lowest BCUT2D eigenvalue weighted by molar-refractivity contribution is -0.120. The van der Waals surface area contributed by atoms with Crippen LogP contribution in [0.3, 0.4) is 0 Å². The molecule has 6 nitrogen and oxygen atoms in total. The standard InChI is InChI=1S/C15H22N2O4/c1-3-20-13-6-5-10(7-14(13)21-4-2)17-15(18)11-8-19-9-12(11)16/h5-7,11-12H,3-4,8-9,16H2,1-2H3,(H,17,18). The highest BCUT2D eigenvalue weighted by Gasteiger charge is 2.31. The predicted octanol–water partition coefficient (Wildman–Crippen LogP) is 1.40. The van der Waals surface area contributed by atoms with Gasteiger partial charge in [0.15, 0.2) is 11.5 Å². The largest absolute Gasteiger partial charge is 0.490 e. The van der Waals surface area contributed by atoms with Crippen LogP contribution in [0.15, 0.2) is 18.2 Å². The summed E-state index contributed by atoms with van der Waals surface area (Å²) in [5.41, 5.74) is 6.50. The number of nitrogens with one attached hydrogen (secondary N) is 1. The number of benzene rings is 1. The van der Waals surface area contributed by atoms with Gasteiger partial charge in [-0.15, -0.1) is 0 Å². The van der Waals surface area contributed by atoms with Gasteiger partial charge in [0.1, 0.15) is 0 Å². The first-order valence-electron chi connectivity index (χ1n) is 7.19. The molecule has 0 aliphatic carbocycles. The van der Waals surface area contributed by atoms with Crippen LogP contribution in [0.5, 0.6) is 11.5 Å². The molecule has 6 heteroatoms. The molecule has 21 heavy (non-hydrogen) atoms. The van der Waals surface area contributed by atoms with Gasteiger partial charge in [0, 0.05) is 17.8 Å². The Bertz CT molecular complexity index is 493. The van der Waals surface area contributed by atoms with Crippen molar-refractivity contribution < 1.29 is 19.0 Å². The summed E-state index contributed by atoms with van der Waals surface area (Å²) in [6, 6.07) is 5.08. The second kappa shape index (κ2) is 7.28. The number of hydrogen-bond acceptors (Lipinski definition) is 5.